The van der Waals surface area contributed by atoms with Crippen LogP contribution < -0.4 is 5.32 Å². The van der Waals surface area contributed by atoms with Gasteiger partial charge in [0.25, 0.3) is 0 Å². The summed E-state index contributed by atoms with van der Waals surface area (Å²) in [4.78, 5) is 6.35. The van der Waals surface area contributed by atoms with Crippen molar-refractivity contribution in [3.8, 4) is 6.07 Å². The van der Waals surface area contributed by atoms with Crippen LogP contribution in [0.25, 0.3) is 0 Å². The third kappa shape index (κ3) is 5.25. The molecule has 1 aromatic carbocycles. The largest absolute Gasteiger partial charge is 0.384 e. The molecule has 4 nitrogen and oxygen atoms in total. The van der Waals surface area contributed by atoms with E-state index in [-0.39, 0.29) is 0 Å². The lowest BCUT2D eigenvalue weighted by Crippen LogP contribution is -2.21. The van der Waals surface area contributed by atoms with Crippen molar-refractivity contribution in [2.24, 2.45) is 0 Å². The Bertz CT molecular complexity index is 572. The Hall–Kier alpha value is -2.38. The molecule has 0 aliphatic rings. The first-order chi connectivity index (χ1) is 10.3. The first-order valence-corrected chi connectivity index (χ1v) is 7.10. The van der Waals surface area contributed by atoms with Gasteiger partial charge >= 0.3 is 0 Å². The number of pyridine rings is 1. The van der Waals surface area contributed by atoms with Crippen LogP contribution >= 0.6 is 0 Å². The van der Waals surface area contributed by atoms with E-state index >= 15 is 0 Å². The zero-order valence-electron chi connectivity index (χ0n) is 12.3. The van der Waals surface area contributed by atoms with Gasteiger partial charge in [0.15, 0.2) is 0 Å². The van der Waals surface area contributed by atoms with Crippen molar-refractivity contribution in [2.45, 2.75) is 13.0 Å². The van der Waals surface area contributed by atoms with E-state index in [1.165, 1.54) is 5.56 Å². The van der Waals surface area contributed by atoms with Crippen molar-refractivity contribution in [3.63, 3.8) is 0 Å². The van der Waals surface area contributed by atoms with E-state index in [9.17, 15) is 0 Å². The molecule has 0 unspecified atom stereocenters. The van der Waals surface area contributed by atoms with Crippen molar-refractivity contribution in [1.82, 2.24) is 9.88 Å². The Balaban J connectivity index is 1.66. The van der Waals surface area contributed by atoms with E-state index in [4.69, 9.17) is 5.26 Å². The molecular formula is C17H20N4. The van der Waals surface area contributed by atoms with Gasteiger partial charge in [0.2, 0.25) is 0 Å². The van der Waals surface area contributed by atoms with Crippen molar-refractivity contribution >= 4 is 5.69 Å². The number of rotatable bonds is 7. The molecule has 0 radical (unpaired) electrons. The van der Waals surface area contributed by atoms with Gasteiger partial charge in [0, 0.05) is 13.1 Å². The molecule has 0 aliphatic heterocycles. The minimum Gasteiger partial charge on any atom is -0.384 e. The summed E-state index contributed by atoms with van der Waals surface area (Å²) in [6.45, 7) is 2.90. The summed E-state index contributed by atoms with van der Waals surface area (Å²) in [6, 6.07) is 16.1. The van der Waals surface area contributed by atoms with Crippen molar-refractivity contribution in [1.29, 1.82) is 5.26 Å². The van der Waals surface area contributed by atoms with Gasteiger partial charge in [-0.25, -0.2) is 4.98 Å². The standard InChI is InChI=1S/C17H20N4/c1-21(14-15-6-3-2-4-7-15)11-5-10-19-17-9-8-16(12-18)20-13-17/h2-4,6-9,13,19H,5,10-11,14H2,1H3. The summed E-state index contributed by atoms with van der Waals surface area (Å²) in [5.74, 6) is 0. The van der Waals surface area contributed by atoms with Crippen LogP contribution in [0.1, 0.15) is 17.7 Å². The van der Waals surface area contributed by atoms with Gasteiger partial charge < -0.3 is 10.2 Å². The number of nitrogens with zero attached hydrogens (tertiary/aromatic N) is 3. The van der Waals surface area contributed by atoms with E-state index in [0.29, 0.717) is 5.69 Å². The highest BCUT2D eigenvalue weighted by atomic mass is 15.1. The van der Waals surface area contributed by atoms with Gasteiger partial charge in [0.1, 0.15) is 11.8 Å². The fourth-order valence-electron chi connectivity index (χ4n) is 2.12. The third-order valence-corrected chi connectivity index (χ3v) is 3.22. The summed E-state index contributed by atoms with van der Waals surface area (Å²) in [6.07, 6.45) is 2.76. The Morgan fingerprint density at radius 3 is 2.67 bits per heavy atom. The lowest BCUT2D eigenvalue weighted by Gasteiger charge is -2.17. The SMILES string of the molecule is CN(CCCNc1ccc(C#N)nc1)Cc1ccccc1. The number of benzene rings is 1. The second kappa shape index (κ2) is 8.03. The molecule has 0 saturated heterocycles. The Morgan fingerprint density at radius 1 is 1.19 bits per heavy atom. The summed E-state index contributed by atoms with van der Waals surface area (Å²) in [5.41, 5.74) is 2.74. The third-order valence-electron chi connectivity index (χ3n) is 3.22. The maximum absolute atomic E-state index is 8.69. The Kier molecular flexibility index (Phi) is 5.74. The molecule has 0 bridgehead atoms. The summed E-state index contributed by atoms with van der Waals surface area (Å²) >= 11 is 0. The number of aromatic nitrogens is 1. The van der Waals surface area contributed by atoms with Crippen LogP contribution in [0.3, 0.4) is 0 Å². The number of anilines is 1. The normalized spacial score (nSPS) is 10.3. The molecule has 1 heterocycles. The average molecular weight is 280 g/mol. The van der Waals surface area contributed by atoms with Crippen molar-refractivity contribution < 1.29 is 0 Å². The molecule has 2 rings (SSSR count). The van der Waals surface area contributed by atoms with Crippen LogP contribution in [-0.4, -0.2) is 30.0 Å². The minimum absolute atomic E-state index is 0.447. The Labute approximate surface area is 126 Å². The monoisotopic (exact) mass is 280 g/mol. The van der Waals surface area contributed by atoms with Gasteiger partial charge in [-0.2, -0.15) is 5.26 Å². The first kappa shape index (κ1) is 15.0. The van der Waals surface area contributed by atoms with Crippen molar-refractivity contribution in [2.75, 3.05) is 25.5 Å². The van der Waals surface area contributed by atoms with Crippen LogP contribution in [0.5, 0.6) is 0 Å². The first-order valence-electron chi connectivity index (χ1n) is 7.10. The summed E-state index contributed by atoms with van der Waals surface area (Å²) in [5, 5.41) is 12.0. The maximum atomic E-state index is 8.69. The van der Waals surface area contributed by atoms with E-state index in [1.54, 1.807) is 12.3 Å². The smallest absolute Gasteiger partial charge is 0.140 e. The van der Waals surface area contributed by atoms with Crippen LogP contribution in [-0.2, 0) is 6.54 Å². The van der Waals surface area contributed by atoms with Crippen LogP contribution in [0, 0.1) is 11.3 Å². The molecule has 1 aromatic heterocycles. The number of hydrogen-bond acceptors (Lipinski definition) is 4. The molecule has 0 amide bonds. The molecule has 2 aromatic rings. The zero-order valence-corrected chi connectivity index (χ0v) is 12.3. The predicted molar refractivity (Wildman–Crippen MR) is 84.8 cm³/mol. The molecule has 0 aliphatic carbocycles. The lowest BCUT2D eigenvalue weighted by molar-refractivity contribution is 0.325. The molecule has 108 valence electrons. The second-order valence-electron chi connectivity index (χ2n) is 5.05. The van der Waals surface area contributed by atoms with Crippen LogP contribution in [0.4, 0.5) is 5.69 Å². The van der Waals surface area contributed by atoms with Gasteiger partial charge in [-0.15, -0.1) is 0 Å². The molecule has 21 heavy (non-hydrogen) atoms. The van der Waals surface area contributed by atoms with E-state index < -0.39 is 0 Å². The number of nitrogens with one attached hydrogen (secondary N) is 1. The molecule has 0 spiro atoms. The van der Waals surface area contributed by atoms with E-state index in [0.717, 1.165) is 31.7 Å². The van der Waals surface area contributed by atoms with Crippen molar-refractivity contribution in [3.05, 3.63) is 59.9 Å². The molecule has 1 N–H and O–H groups in total. The Morgan fingerprint density at radius 2 is 2.00 bits per heavy atom. The highest BCUT2D eigenvalue weighted by Crippen LogP contribution is 2.06. The topological polar surface area (TPSA) is 52.0 Å². The van der Waals surface area contributed by atoms with E-state index in [2.05, 4.69) is 46.5 Å². The molecule has 4 heteroatoms. The average Bonchev–Trinajstić information content (AvgIpc) is 2.53. The fraction of sp³-hybridized carbons (Fsp3) is 0.294. The van der Waals surface area contributed by atoms with Gasteiger partial charge in [0.05, 0.1) is 11.9 Å². The van der Waals surface area contributed by atoms with Gasteiger partial charge in [-0.3, -0.25) is 0 Å². The number of nitriles is 1. The second-order valence-corrected chi connectivity index (χ2v) is 5.05. The van der Waals surface area contributed by atoms with Crippen LogP contribution in [0.2, 0.25) is 0 Å². The molecular weight excluding hydrogens is 260 g/mol. The maximum Gasteiger partial charge on any atom is 0.140 e. The summed E-state index contributed by atoms with van der Waals surface area (Å²) < 4.78 is 0. The molecule has 0 atom stereocenters. The van der Waals surface area contributed by atoms with E-state index in [1.807, 2.05) is 18.2 Å². The predicted octanol–water partition coefficient (Wildman–Crippen LogP) is 2.89. The minimum atomic E-state index is 0.447. The van der Waals surface area contributed by atoms with Crippen LogP contribution in [0.15, 0.2) is 48.7 Å². The van der Waals surface area contributed by atoms with Gasteiger partial charge in [-0.05, 0) is 37.7 Å². The lowest BCUT2D eigenvalue weighted by atomic mass is 10.2. The zero-order chi connectivity index (χ0) is 14.9. The van der Waals surface area contributed by atoms with Gasteiger partial charge in [-0.1, -0.05) is 30.3 Å². The fourth-order valence-corrected chi connectivity index (χ4v) is 2.12. The molecule has 0 fully saturated rings. The molecule has 0 saturated carbocycles. The highest BCUT2D eigenvalue weighted by Gasteiger charge is 2.00. The quantitative estimate of drug-likeness (QED) is 0.792. The highest BCUT2D eigenvalue weighted by molar-refractivity contribution is 5.42. The number of hydrogen-bond donors (Lipinski definition) is 1. The summed E-state index contributed by atoms with van der Waals surface area (Å²) in [7, 11) is 2.14.